The van der Waals surface area contributed by atoms with Crippen molar-refractivity contribution in [2.24, 2.45) is 0 Å². The van der Waals surface area contributed by atoms with Crippen molar-refractivity contribution in [3.05, 3.63) is 23.8 Å². The zero-order valence-electron chi connectivity index (χ0n) is 10.9. The molecule has 3 N–H and O–H groups in total. The number of nitrogens with two attached hydrogens (primary N) is 1. The van der Waals surface area contributed by atoms with Crippen LogP contribution in [0.25, 0.3) is 0 Å². The molecular weight excluding hydrogens is 252 g/mol. The lowest BCUT2D eigenvalue weighted by atomic mass is 10.2. The summed E-state index contributed by atoms with van der Waals surface area (Å²) >= 11 is 0. The lowest BCUT2D eigenvalue weighted by Crippen LogP contribution is -2.28. The van der Waals surface area contributed by atoms with Crippen LogP contribution in [0.2, 0.25) is 0 Å². The van der Waals surface area contributed by atoms with Crippen LogP contribution in [0, 0.1) is 6.92 Å². The quantitative estimate of drug-likeness (QED) is 0.604. The molecule has 0 aliphatic rings. The molecule has 1 rings (SSSR count). The molecule has 0 atom stereocenters. The number of hydrogen-bond acceptors (Lipinski definition) is 4. The van der Waals surface area contributed by atoms with Crippen molar-refractivity contribution in [1.82, 2.24) is 4.72 Å². The second-order valence-corrected chi connectivity index (χ2v) is 6.08. The van der Waals surface area contributed by atoms with E-state index in [0.29, 0.717) is 17.9 Å². The van der Waals surface area contributed by atoms with Gasteiger partial charge in [0, 0.05) is 12.2 Å². The van der Waals surface area contributed by atoms with Crippen molar-refractivity contribution >= 4 is 15.7 Å². The van der Waals surface area contributed by atoms with E-state index in [4.69, 9.17) is 10.5 Å². The highest BCUT2D eigenvalue weighted by atomic mass is 32.2. The molecule has 0 saturated carbocycles. The number of rotatable bonds is 6. The van der Waals surface area contributed by atoms with Crippen molar-refractivity contribution in [1.29, 1.82) is 0 Å². The van der Waals surface area contributed by atoms with E-state index in [-0.39, 0.29) is 17.5 Å². The average Bonchev–Trinajstić information content (AvgIpc) is 2.23. The predicted molar refractivity (Wildman–Crippen MR) is 71.9 cm³/mol. The maximum absolute atomic E-state index is 12.0. The molecule has 1 aromatic rings. The first kappa shape index (κ1) is 14.9. The van der Waals surface area contributed by atoms with Crippen molar-refractivity contribution in [3.63, 3.8) is 0 Å². The Morgan fingerprint density at radius 2 is 2.06 bits per heavy atom. The minimum absolute atomic E-state index is 0.0905. The van der Waals surface area contributed by atoms with Gasteiger partial charge in [-0.2, -0.15) is 0 Å². The summed E-state index contributed by atoms with van der Waals surface area (Å²) in [5.74, 6) is 0. The molecule has 0 amide bonds. The molecule has 0 heterocycles. The van der Waals surface area contributed by atoms with Gasteiger partial charge in [-0.25, -0.2) is 13.1 Å². The molecule has 0 aliphatic heterocycles. The van der Waals surface area contributed by atoms with E-state index in [9.17, 15) is 8.42 Å². The molecule has 102 valence electrons. The molecule has 0 saturated heterocycles. The summed E-state index contributed by atoms with van der Waals surface area (Å²) in [6.07, 6.45) is 0.0905. The number of nitrogens with one attached hydrogen (secondary N) is 1. The summed E-state index contributed by atoms with van der Waals surface area (Å²) in [5.41, 5.74) is 6.77. The second kappa shape index (κ2) is 6.17. The fourth-order valence-electron chi connectivity index (χ4n) is 1.52. The van der Waals surface area contributed by atoms with Crippen LogP contribution in [0.4, 0.5) is 5.69 Å². The molecule has 0 spiro atoms. The summed E-state index contributed by atoms with van der Waals surface area (Å²) < 4.78 is 31.8. The number of benzene rings is 1. The van der Waals surface area contributed by atoms with Crippen molar-refractivity contribution < 1.29 is 13.2 Å². The Kier molecular flexibility index (Phi) is 5.13. The molecule has 0 fully saturated rings. The SMILES string of the molecule is Cc1cc(N)ccc1S(=O)(=O)NCCOC(C)C. The van der Waals surface area contributed by atoms with E-state index in [1.165, 1.54) is 6.07 Å². The van der Waals surface area contributed by atoms with E-state index in [1.54, 1.807) is 19.1 Å². The molecule has 0 unspecified atom stereocenters. The Morgan fingerprint density at radius 3 is 2.61 bits per heavy atom. The molecule has 0 bridgehead atoms. The first-order valence-corrected chi connectivity index (χ1v) is 7.28. The van der Waals surface area contributed by atoms with Crippen molar-refractivity contribution in [2.75, 3.05) is 18.9 Å². The third kappa shape index (κ3) is 4.29. The summed E-state index contributed by atoms with van der Waals surface area (Å²) in [6.45, 7) is 6.13. The number of nitrogen functional groups attached to an aromatic ring is 1. The Bertz CT molecular complexity index is 498. The van der Waals surface area contributed by atoms with Gasteiger partial charge in [-0.3, -0.25) is 0 Å². The molecule has 5 nitrogen and oxygen atoms in total. The fourth-order valence-corrected chi connectivity index (χ4v) is 2.76. The van der Waals surface area contributed by atoms with Crippen LogP contribution in [-0.4, -0.2) is 27.7 Å². The third-order valence-corrected chi connectivity index (χ3v) is 3.96. The second-order valence-electron chi connectivity index (χ2n) is 4.34. The van der Waals surface area contributed by atoms with E-state index < -0.39 is 10.0 Å². The zero-order chi connectivity index (χ0) is 13.8. The molecule has 0 aliphatic carbocycles. The van der Waals surface area contributed by atoms with Gasteiger partial charge in [-0.05, 0) is 44.5 Å². The van der Waals surface area contributed by atoms with Crippen LogP contribution in [0.5, 0.6) is 0 Å². The Hall–Kier alpha value is -1.11. The number of anilines is 1. The molecule has 18 heavy (non-hydrogen) atoms. The van der Waals surface area contributed by atoms with Crippen molar-refractivity contribution in [3.8, 4) is 0 Å². The van der Waals surface area contributed by atoms with Crippen LogP contribution >= 0.6 is 0 Å². The molecule has 0 radical (unpaired) electrons. The van der Waals surface area contributed by atoms with Crippen LogP contribution in [0.1, 0.15) is 19.4 Å². The van der Waals surface area contributed by atoms with Crippen LogP contribution < -0.4 is 10.5 Å². The number of sulfonamides is 1. The van der Waals surface area contributed by atoms with Crippen LogP contribution in [0.3, 0.4) is 0 Å². The molecule has 6 heteroatoms. The minimum atomic E-state index is -3.49. The average molecular weight is 272 g/mol. The van der Waals surface area contributed by atoms with Gasteiger partial charge in [0.1, 0.15) is 0 Å². The van der Waals surface area contributed by atoms with E-state index in [2.05, 4.69) is 4.72 Å². The van der Waals surface area contributed by atoms with Crippen LogP contribution in [0.15, 0.2) is 23.1 Å². The van der Waals surface area contributed by atoms with Gasteiger partial charge in [0.25, 0.3) is 0 Å². The van der Waals surface area contributed by atoms with Gasteiger partial charge in [-0.1, -0.05) is 0 Å². The van der Waals surface area contributed by atoms with Gasteiger partial charge in [-0.15, -0.1) is 0 Å². The summed E-state index contributed by atoms with van der Waals surface area (Å²) in [7, 11) is -3.49. The van der Waals surface area contributed by atoms with E-state index in [1.807, 2.05) is 13.8 Å². The monoisotopic (exact) mass is 272 g/mol. The summed E-state index contributed by atoms with van der Waals surface area (Å²) in [5, 5.41) is 0. The summed E-state index contributed by atoms with van der Waals surface area (Å²) in [6, 6.07) is 4.72. The van der Waals surface area contributed by atoms with Crippen LogP contribution in [-0.2, 0) is 14.8 Å². The van der Waals surface area contributed by atoms with Gasteiger partial charge >= 0.3 is 0 Å². The lowest BCUT2D eigenvalue weighted by Gasteiger charge is -2.11. The Balaban J connectivity index is 2.69. The molecule has 1 aromatic carbocycles. The smallest absolute Gasteiger partial charge is 0.240 e. The Labute approximate surface area is 108 Å². The highest BCUT2D eigenvalue weighted by Gasteiger charge is 2.15. The number of hydrogen-bond donors (Lipinski definition) is 2. The first-order chi connectivity index (χ1) is 8.33. The van der Waals surface area contributed by atoms with Crippen molar-refractivity contribution in [2.45, 2.75) is 31.8 Å². The highest BCUT2D eigenvalue weighted by molar-refractivity contribution is 7.89. The number of ether oxygens (including phenoxy) is 1. The Morgan fingerprint density at radius 1 is 1.39 bits per heavy atom. The first-order valence-electron chi connectivity index (χ1n) is 5.80. The zero-order valence-corrected chi connectivity index (χ0v) is 11.8. The lowest BCUT2D eigenvalue weighted by molar-refractivity contribution is 0.0834. The fraction of sp³-hybridized carbons (Fsp3) is 0.500. The highest BCUT2D eigenvalue weighted by Crippen LogP contribution is 2.17. The van der Waals surface area contributed by atoms with Gasteiger partial charge in [0.2, 0.25) is 10.0 Å². The normalized spacial score (nSPS) is 12.0. The molecular formula is C12H20N2O3S. The number of aryl methyl sites for hydroxylation is 1. The molecule has 0 aromatic heterocycles. The minimum Gasteiger partial charge on any atom is -0.399 e. The van der Waals surface area contributed by atoms with E-state index >= 15 is 0 Å². The van der Waals surface area contributed by atoms with Gasteiger partial charge in [0.05, 0.1) is 17.6 Å². The van der Waals surface area contributed by atoms with Gasteiger partial charge < -0.3 is 10.5 Å². The predicted octanol–water partition coefficient (Wildman–Crippen LogP) is 1.28. The third-order valence-electron chi connectivity index (χ3n) is 2.33. The van der Waals surface area contributed by atoms with E-state index in [0.717, 1.165) is 0 Å². The largest absolute Gasteiger partial charge is 0.399 e. The van der Waals surface area contributed by atoms with Gasteiger partial charge in [0.15, 0.2) is 0 Å². The topological polar surface area (TPSA) is 81.4 Å². The summed E-state index contributed by atoms with van der Waals surface area (Å²) in [4.78, 5) is 0.251. The maximum atomic E-state index is 12.0. The maximum Gasteiger partial charge on any atom is 0.240 e. The standard InChI is InChI=1S/C12H20N2O3S/c1-9(2)17-7-6-14-18(15,16)12-5-4-11(13)8-10(12)3/h4-5,8-9,14H,6-7,13H2,1-3H3.